The van der Waals surface area contributed by atoms with Crippen LogP contribution in [-0.2, 0) is 6.42 Å². The minimum absolute atomic E-state index is 0.482. The molecule has 2 heteroatoms. The molecule has 0 aliphatic heterocycles. The molecule has 0 bridgehead atoms. The van der Waals surface area contributed by atoms with Crippen LogP contribution in [-0.4, -0.2) is 30.6 Å². The van der Waals surface area contributed by atoms with Gasteiger partial charge in [0, 0.05) is 18.1 Å². The normalized spacial score (nSPS) is 23.4. The standard InChI is InChI=1S/C18H30N2/c1-6-19-18-16-10-8-7-9-15(16)12-17(18)20(5)14(4)11-13(2)3/h7-10,13-14,17-19H,6,11-12H2,1-5H3. The lowest BCUT2D eigenvalue weighted by Gasteiger charge is -2.35. The molecule has 3 unspecified atom stereocenters. The summed E-state index contributed by atoms with van der Waals surface area (Å²) in [6, 6.07) is 10.6. The van der Waals surface area contributed by atoms with Gasteiger partial charge in [-0.2, -0.15) is 0 Å². The summed E-state index contributed by atoms with van der Waals surface area (Å²) in [4.78, 5) is 2.59. The highest BCUT2D eigenvalue weighted by Crippen LogP contribution is 2.35. The van der Waals surface area contributed by atoms with E-state index in [-0.39, 0.29) is 0 Å². The molecule has 3 atom stereocenters. The van der Waals surface area contributed by atoms with Gasteiger partial charge in [-0.3, -0.25) is 4.90 Å². The van der Waals surface area contributed by atoms with Crippen molar-refractivity contribution in [3.63, 3.8) is 0 Å². The van der Waals surface area contributed by atoms with Crippen LogP contribution in [0.1, 0.15) is 51.3 Å². The Kier molecular flexibility index (Phi) is 5.22. The summed E-state index contributed by atoms with van der Waals surface area (Å²) in [7, 11) is 2.30. The van der Waals surface area contributed by atoms with Crippen molar-refractivity contribution in [1.29, 1.82) is 0 Å². The van der Waals surface area contributed by atoms with Crippen LogP contribution in [0.5, 0.6) is 0 Å². The molecule has 0 heterocycles. The highest BCUT2D eigenvalue weighted by Gasteiger charge is 2.35. The quantitative estimate of drug-likeness (QED) is 0.852. The number of hydrogen-bond acceptors (Lipinski definition) is 2. The fraction of sp³-hybridized carbons (Fsp3) is 0.667. The van der Waals surface area contributed by atoms with Crippen molar-refractivity contribution < 1.29 is 0 Å². The van der Waals surface area contributed by atoms with Gasteiger partial charge in [0.1, 0.15) is 0 Å². The third-order valence-electron chi connectivity index (χ3n) is 4.66. The van der Waals surface area contributed by atoms with E-state index in [1.54, 1.807) is 0 Å². The Hall–Kier alpha value is -0.860. The second-order valence-electron chi connectivity index (χ2n) is 6.65. The molecule has 2 nitrogen and oxygen atoms in total. The van der Waals surface area contributed by atoms with Gasteiger partial charge in [0.05, 0.1) is 0 Å². The second kappa shape index (κ2) is 6.73. The molecule has 112 valence electrons. The Bertz CT molecular complexity index is 427. The monoisotopic (exact) mass is 274 g/mol. The van der Waals surface area contributed by atoms with E-state index in [2.05, 4.69) is 69.2 Å². The SMILES string of the molecule is CCNC1c2ccccc2CC1N(C)C(C)CC(C)C. The van der Waals surface area contributed by atoms with Crippen molar-refractivity contribution in [3.8, 4) is 0 Å². The molecule has 1 aliphatic carbocycles. The lowest BCUT2D eigenvalue weighted by atomic mass is 10.00. The van der Waals surface area contributed by atoms with E-state index in [0.29, 0.717) is 18.1 Å². The third-order valence-corrected chi connectivity index (χ3v) is 4.66. The second-order valence-corrected chi connectivity index (χ2v) is 6.65. The molecule has 0 saturated carbocycles. The Balaban J connectivity index is 2.15. The maximum absolute atomic E-state index is 3.70. The van der Waals surface area contributed by atoms with Gasteiger partial charge < -0.3 is 5.32 Å². The van der Waals surface area contributed by atoms with Crippen molar-refractivity contribution in [2.45, 2.75) is 58.7 Å². The first kappa shape index (κ1) is 15.5. The summed E-state index contributed by atoms with van der Waals surface area (Å²) in [6.45, 7) is 10.2. The summed E-state index contributed by atoms with van der Waals surface area (Å²) in [6.07, 6.45) is 2.44. The molecular formula is C18H30N2. The van der Waals surface area contributed by atoms with Crippen molar-refractivity contribution >= 4 is 0 Å². The van der Waals surface area contributed by atoms with Crippen LogP contribution in [0.3, 0.4) is 0 Å². The maximum Gasteiger partial charge on any atom is 0.0484 e. The first-order valence-corrected chi connectivity index (χ1v) is 8.07. The highest BCUT2D eigenvalue weighted by atomic mass is 15.2. The minimum atomic E-state index is 0.482. The summed E-state index contributed by atoms with van der Waals surface area (Å²) in [5.74, 6) is 0.758. The van der Waals surface area contributed by atoms with Crippen LogP contribution in [0.4, 0.5) is 0 Å². The Morgan fingerprint density at radius 3 is 2.60 bits per heavy atom. The van der Waals surface area contributed by atoms with Crippen molar-refractivity contribution in [1.82, 2.24) is 10.2 Å². The van der Waals surface area contributed by atoms with E-state index in [1.165, 1.54) is 24.0 Å². The Morgan fingerprint density at radius 1 is 1.25 bits per heavy atom. The number of benzene rings is 1. The molecule has 1 N–H and O–H groups in total. The number of rotatable bonds is 6. The van der Waals surface area contributed by atoms with Crippen LogP contribution in [0.25, 0.3) is 0 Å². The van der Waals surface area contributed by atoms with E-state index in [9.17, 15) is 0 Å². The highest BCUT2D eigenvalue weighted by molar-refractivity contribution is 5.37. The predicted molar refractivity (Wildman–Crippen MR) is 87.0 cm³/mol. The first-order chi connectivity index (χ1) is 9.54. The van der Waals surface area contributed by atoms with Crippen LogP contribution < -0.4 is 5.32 Å². The van der Waals surface area contributed by atoms with Gasteiger partial charge in [-0.1, -0.05) is 45.0 Å². The molecule has 0 spiro atoms. The van der Waals surface area contributed by atoms with Crippen LogP contribution >= 0.6 is 0 Å². The van der Waals surface area contributed by atoms with E-state index in [4.69, 9.17) is 0 Å². The van der Waals surface area contributed by atoms with Crippen LogP contribution in [0, 0.1) is 5.92 Å². The van der Waals surface area contributed by atoms with Crippen molar-refractivity contribution in [2.75, 3.05) is 13.6 Å². The van der Waals surface area contributed by atoms with Gasteiger partial charge in [-0.15, -0.1) is 0 Å². The van der Waals surface area contributed by atoms with Gasteiger partial charge in [0.25, 0.3) is 0 Å². The molecule has 1 aromatic carbocycles. The Morgan fingerprint density at radius 2 is 1.95 bits per heavy atom. The number of fused-ring (bicyclic) bond motifs is 1. The lowest BCUT2D eigenvalue weighted by Crippen LogP contribution is -2.45. The van der Waals surface area contributed by atoms with Crippen LogP contribution in [0.15, 0.2) is 24.3 Å². The zero-order chi connectivity index (χ0) is 14.7. The smallest absolute Gasteiger partial charge is 0.0484 e. The molecule has 1 aromatic rings. The van der Waals surface area contributed by atoms with Gasteiger partial charge in [-0.05, 0) is 50.4 Å². The van der Waals surface area contributed by atoms with Gasteiger partial charge in [0.15, 0.2) is 0 Å². The van der Waals surface area contributed by atoms with Gasteiger partial charge in [-0.25, -0.2) is 0 Å². The number of hydrogen-bond donors (Lipinski definition) is 1. The summed E-state index contributed by atoms with van der Waals surface area (Å²) >= 11 is 0. The molecule has 2 rings (SSSR count). The zero-order valence-corrected chi connectivity index (χ0v) is 13.7. The minimum Gasteiger partial charge on any atom is -0.309 e. The molecule has 1 aliphatic rings. The molecule has 0 aromatic heterocycles. The number of nitrogens with one attached hydrogen (secondary N) is 1. The summed E-state index contributed by atoms with van der Waals surface area (Å²) in [5, 5.41) is 3.70. The molecule has 0 fully saturated rings. The Labute approximate surface area is 124 Å². The average molecular weight is 274 g/mol. The lowest BCUT2D eigenvalue weighted by molar-refractivity contribution is 0.141. The van der Waals surface area contributed by atoms with E-state index < -0.39 is 0 Å². The largest absolute Gasteiger partial charge is 0.309 e. The number of nitrogens with zero attached hydrogens (tertiary/aromatic N) is 1. The zero-order valence-electron chi connectivity index (χ0n) is 13.7. The fourth-order valence-electron chi connectivity index (χ4n) is 3.59. The van der Waals surface area contributed by atoms with E-state index >= 15 is 0 Å². The summed E-state index contributed by atoms with van der Waals surface area (Å²) in [5.41, 5.74) is 3.02. The molecule has 0 amide bonds. The first-order valence-electron chi connectivity index (χ1n) is 8.07. The average Bonchev–Trinajstić information content (AvgIpc) is 2.77. The van der Waals surface area contributed by atoms with Gasteiger partial charge in [0.2, 0.25) is 0 Å². The fourth-order valence-corrected chi connectivity index (χ4v) is 3.59. The maximum atomic E-state index is 3.70. The molecule has 0 saturated heterocycles. The van der Waals surface area contributed by atoms with Crippen LogP contribution in [0.2, 0.25) is 0 Å². The van der Waals surface area contributed by atoms with E-state index in [1.807, 2.05) is 0 Å². The third kappa shape index (κ3) is 3.24. The predicted octanol–water partition coefficient (Wildman–Crippen LogP) is 3.63. The van der Waals surface area contributed by atoms with Crippen molar-refractivity contribution in [3.05, 3.63) is 35.4 Å². The van der Waals surface area contributed by atoms with Gasteiger partial charge >= 0.3 is 0 Å². The van der Waals surface area contributed by atoms with E-state index in [0.717, 1.165) is 12.5 Å². The van der Waals surface area contributed by atoms with Crippen molar-refractivity contribution in [2.24, 2.45) is 5.92 Å². The number of likely N-dealkylation sites (N-methyl/N-ethyl adjacent to an activating group) is 2. The molecule has 0 radical (unpaired) electrons. The molecular weight excluding hydrogens is 244 g/mol. The molecule has 20 heavy (non-hydrogen) atoms. The summed E-state index contributed by atoms with van der Waals surface area (Å²) < 4.78 is 0. The topological polar surface area (TPSA) is 15.3 Å².